The van der Waals surface area contributed by atoms with Gasteiger partial charge in [-0.2, -0.15) is 26.7 Å². The molecule has 1 aromatic heterocycles. The number of amides is 1. The molecule has 1 amide bonds. The van der Waals surface area contributed by atoms with Gasteiger partial charge in [-0.15, -0.1) is 0 Å². The number of nitrogens with zero attached hydrogens (tertiary/aromatic N) is 2. The lowest BCUT2D eigenvalue weighted by atomic mass is 9.83. The SMILES string of the molecule is CCn1nc(C(=O)NCC2CCC(C)CC2)c(Cl)c1-c1ccc(CC(C)(C)C(F)(F)F)cc1OC.O=S=O. The molecule has 1 aromatic carbocycles. The van der Waals surface area contributed by atoms with E-state index in [0.29, 0.717) is 41.6 Å². The maximum absolute atomic E-state index is 13.4. The molecule has 0 saturated heterocycles. The molecule has 2 aromatic rings. The zero-order valence-electron chi connectivity index (χ0n) is 22.3. The Morgan fingerprint density at radius 1 is 1.21 bits per heavy atom. The second-order valence-corrected chi connectivity index (χ2v) is 10.8. The van der Waals surface area contributed by atoms with Crippen LogP contribution < -0.4 is 10.1 Å². The molecule has 0 spiro atoms. The van der Waals surface area contributed by atoms with Crippen LogP contribution >= 0.6 is 11.6 Å². The highest BCUT2D eigenvalue weighted by Crippen LogP contribution is 2.42. The van der Waals surface area contributed by atoms with Gasteiger partial charge in [-0.1, -0.05) is 51.3 Å². The van der Waals surface area contributed by atoms with Crippen LogP contribution in [0.4, 0.5) is 13.2 Å². The summed E-state index contributed by atoms with van der Waals surface area (Å²) in [7, 11) is 1.46. The van der Waals surface area contributed by atoms with E-state index in [1.54, 1.807) is 22.9 Å². The largest absolute Gasteiger partial charge is 0.496 e. The molecule has 212 valence electrons. The van der Waals surface area contributed by atoms with Crippen LogP contribution in [0.25, 0.3) is 11.3 Å². The van der Waals surface area contributed by atoms with Gasteiger partial charge in [0.2, 0.25) is 0 Å². The Morgan fingerprint density at radius 2 is 1.82 bits per heavy atom. The van der Waals surface area contributed by atoms with Gasteiger partial charge >= 0.3 is 17.7 Å². The van der Waals surface area contributed by atoms with E-state index in [-0.39, 0.29) is 23.0 Å². The Labute approximate surface area is 230 Å². The maximum atomic E-state index is 13.4. The highest BCUT2D eigenvalue weighted by molar-refractivity contribution is 7.51. The summed E-state index contributed by atoms with van der Waals surface area (Å²) in [5.74, 6) is 1.24. The molecule has 1 fully saturated rings. The minimum atomic E-state index is -4.33. The monoisotopic (exact) mass is 577 g/mol. The van der Waals surface area contributed by atoms with E-state index in [4.69, 9.17) is 24.8 Å². The van der Waals surface area contributed by atoms with Gasteiger partial charge in [0, 0.05) is 18.7 Å². The van der Waals surface area contributed by atoms with E-state index < -0.39 is 23.2 Å². The molecule has 1 aliphatic carbocycles. The van der Waals surface area contributed by atoms with E-state index in [0.717, 1.165) is 18.8 Å². The third-order valence-electron chi connectivity index (χ3n) is 7.03. The molecule has 0 radical (unpaired) electrons. The fourth-order valence-electron chi connectivity index (χ4n) is 4.58. The Balaban J connectivity index is 0.00000161. The van der Waals surface area contributed by atoms with Crippen LogP contribution in [0.5, 0.6) is 5.75 Å². The van der Waals surface area contributed by atoms with E-state index in [1.165, 1.54) is 33.8 Å². The molecule has 3 rings (SSSR count). The van der Waals surface area contributed by atoms with Gasteiger partial charge in [0.1, 0.15) is 5.75 Å². The topological polar surface area (TPSA) is 90.3 Å². The Hall–Kier alpha value is -2.40. The van der Waals surface area contributed by atoms with Gasteiger partial charge in [-0.25, -0.2) is 0 Å². The third-order valence-corrected chi connectivity index (χ3v) is 7.39. The van der Waals surface area contributed by atoms with Gasteiger partial charge in [0.05, 0.1) is 23.2 Å². The Bertz CT molecular complexity index is 1140. The summed E-state index contributed by atoms with van der Waals surface area (Å²) in [6.45, 7) is 7.53. The van der Waals surface area contributed by atoms with Crippen LogP contribution in [0.1, 0.15) is 69.4 Å². The second kappa shape index (κ2) is 13.6. The molecule has 0 unspecified atom stereocenters. The summed E-state index contributed by atoms with van der Waals surface area (Å²) in [5, 5.41) is 7.62. The zero-order valence-corrected chi connectivity index (χ0v) is 23.9. The molecule has 7 nitrogen and oxygen atoms in total. The van der Waals surface area contributed by atoms with Crippen molar-refractivity contribution in [1.82, 2.24) is 15.1 Å². The van der Waals surface area contributed by atoms with Crippen LogP contribution in [-0.4, -0.2) is 43.9 Å². The van der Waals surface area contributed by atoms with Crippen LogP contribution in [0, 0.1) is 17.3 Å². The normalized spacial score (nSPS) is 17.8. The first-order chi connectivity index (χ1) is 17.8. The molecule has 1 heterocycles. The van der Waals surface area contributed by atoms with Crippen molar-refractivity contribution < 1.29 is 31.1 Å². The lowest BCUT2D eigenvalue weighted by Gasteiger charge is -2.28. The summed E-state index contributed by atoms with van der Waals surface area (Å²) < 4.78 is 63.9. The van der Waals surface area contributed by atoms with E-state index >= 15 is 0 Å². The molecule has 0 atom stereocenters. The maximum Gasteiger partial charge on any atom is 0.394 e. The van der Waals surface area contributed by atoms with Crippen molar-refractivity contribution in [2.75, 3.05) is 13.7 Å². The number of aryl methyl sites for hydroxylation is 1. The number of benzene rings is 1. The number of rotatable bonds is 8. The number of halogens is 4. The van der Waals surface area contributed by atoms with Crippen molar-refractivity contribution >= 4 is 29.1 Å². The molecule has 0 aliphatic heterocycles. The number of hydrogen-bond donors (Lipinski definition) is 1. The highest BCUT2D eigenvalue weighted by Gasteiger charge is 2.47. The molecule has 38 heavy (non-hydrogen) atoms. The standard InChI is InChI=1S/C26H35ClF3N3O2.O2S/c1-6-33-23(19-12-11-18(13-20(19)35-5)14-25(3,4)26(28,29)30)21(27)22(32-33)24(34)31-15-17-9-7-16(2)8-10-17;1-3-2/h11-13,16-17H,6-10,14-15H2,1-5H3,(H,31,34);. The first kappa shape index (κ1) is 31.8. The molecular weight excluding hydrogens is 543 g/mol. The fourth-order valence-corrected chi connectivity index (χ4v) is 4.90. The molecule has 1 aliphatic rings. The lowest BCUT2D eigenvalue weighted by Crippen LogP contribution is -2.34. The van der Waals surface area contributed by atoms with E-state index in [2.05, 4.69) is 17.3 Å². The van der Waals surface area contributed by atoms with Gasteiger partial charge in [-0.05, 0) is 55.7 Å². The van der Waals surface area contributed by atoms with Crippen LogP contribution in [0.15, 0.2) is 18.2 Å². The Kier molecular flexibility index (Phi) is 11.4. The lowest BCUT2D eigenvalue weighted by molar-refractivity contribution is -0.211. The summed E-state index contributed by atoms with van der Waals surface area (Å²) in [5.41, 5.74) is -0.183. The molecule has 0 bridgehead atoms. The molecule has 1 saturated carbocycles. The first-order valence-corrected chi connectivity index (χ1v) is 13.5. The third kappa shape index (κ3) is 7.81. The summed E-state index contributed by atoms with van der Waals surface area (Å²) in [6.07, 6.45) is 0.0113. The predicted molar refractivity (Wildman–Crippen MR) is 141 cm³/mol. The summed E-state index contributed by atoms with van der Waals surface area (Å²) in [4.78, 5) is 12.9. The van der Waals surface area contributed by atoms with Crippen molar-refractivity contribution in [3.8, 4) is 17.0 Å². The first-order valence-electron chi connectivity index (χ1n) is 12.5. The van der Waals surface area contributed by atoms with Crippen molar-refractivity contribution in [1.29, 1.82) is 0 Å². The van der Waals surface area contributed by atoms with Crippen molar-refractivity contribution in [2.24, 2.45) is 17.3 Å². The number of carbonyl (C=O) groups excluding carboxylic acids is 1. The van der Waals surface area contributed by atoms with Gasteiger partial charge in [0.25, 0.3) is 5.91 Å². The van der Waals surface area contributed by atoms with Crippen molar-refractivity contribution in [2.45, 2.75) is 72.5 Å². The number of ether oxygens (including phenoxy) is 1. The van der Waals surface area contributed by atoms with E-state index in [1.807, 2.05) is 6.92 Å². The van der Waals surface area contributed by atoms with Crippen LogP contribution in [-0.2, 0) is 24.5 Å². The molecule has 12 heteroatoms. The predicted octanol–water partition coefficient (Wildman–Crippen LogP) is 6.25. The number of alkyl halides is 3. The van der Waals surface area contributed by atoms with Gasteiger partial charge in [-0.3, -0.25) is 9.48 Å². The van der Waals surface area contributed by atoms with E-state index in [9.17, 15) is 18.0 Å². The second-order valence-electron chi connectivity index (χ2n) is 10.3. The highest BCUT2D eigenvalue weighted by atomic mass is 35.5. The number of aromatic nitrogens is 2. The van der Waals surface area contributed by atoms with Crippen LogP contribution in [0.3, 0.4) is 0 Å². The quantitative estimate of drug-likeness (QED) is 0.400. The number of carbonyl (C=O) groups is 1. The molecular formula is C26H35ClF3N3O4S. The van der Waals surface area contributed by atoms with Crippen LogP contribution in [0.2, 0.25) is 5.02 Å². The average Bonchev–Trinajstić information content (AvgIpc) is 3.19. The number of hydrogen-bond acceptors (Lipinski definition) is 5. The number of methoxy groups -OCH3 is 1. The fraction of sp³-hybridized carbons (Fsp3) is 0.615. The minimum absolute atomic E-state index is 0.136. The smallest absolute Gasteiger partial charge is 0.394 e. The van der Waals surface area contributed by atoms with Crippen molar-refractivity contribution in [3.05, 3.63) is 34.5 Å². The average molecular weight is 578 g/mol. The summed E-state index contributed by atoms with van der Waals surface area (Å²) in [6, 6.07) is 4.91. The Morgan fingerprint density at radius 3 is 2.34 bits per heavy atom. The minimum Gasteiger partial charge on any atom is -0.496 e. The molecule has 1 N–H and O–H groups in total. The van der Waals surface area contributed by atoms with Gasteiger partial charge < -0.3 is 10.1 Å². The van der Waals surface area contributed by atoms with Crippen molar-refractivity contribution in [3.63, 3.8) is 0 Å². The number of nitrogens with one attached hydrogen (secondary N) is 1. The summed E-state index contributed by atoms with van der Waals surface area (Å²) >= 11 is 5.91. The zero-order chi connectivity index (χ0) is 28.7. The van der Waals surface area contributed by atoms with Gasteiger partial charge in [0.15, 0.2) is 5.69 Å².